The van der Waals surface area contributed by atoms with E-state index in [1.165, 1.54) is 13.0 Å². The molecule has 6 nitrogen and oxygen atoms in total. The molecule has 1 N–H and O–H groups in total. The number of fused-ring (bicyclic) bond motifs is 3. The van der Waals surface area contributed by atoms with Crippen LogP contribution in [0.1, 0.15) is 28.8 Å². The highest BCUT2D eigenvalue weighted by Crippen LogP contribution is 2.33. The first-order valence-corrected chi connectivity index (χ1v) is 10.8. The molecular weight excluding hydrogens is 380 g/mol. The second-order valence-corrected chi connectivity index (χ2v) is 8.53. The van der Waals surface area contributed by atoms with Crippen LogP contribution in [0.4, 0.5) is 0 Å². The van der Waals surface area contributed by atoms with Gasteiger partial charge in [0.2, 0.25) is 0 Å². The van der Waals surface area contributed by atoms with Gasteiger partial charge >= 0.3 is 0 Å². The Hall–Kier alpha value is -2.57. The van der Waals surface area contributed by atoms with Gasteiger partial charge in [-0.2, -0.15) is 0 Å². The third-order valence-electron chi connectivity index (χ3n) is 6.14. The molecule has 3 aliphatic rings. The van der Waals surface area contributed by atoms with Crippen LogP contribution in [-0.2, 0) is 11.3 Å². The van der Waals surface area contributed by atoms with Crippen molar-refractivity contribution >= 4 is 5.91 Å². The van der Waals surface area contributed by atoms with Crippen LogP contribution in [0.2, 0.25) is 0 Å². The van der Waals surface area contributed by atoms with Gasteiger partial charge in [0.15, 0.2) is 17.6 Å². The molecule has 3 heterocycles. The Morgan fingerprint density at radius 1 is 1.13 bits per heavy atom. The van der Waals surface area contributed by atoms with Crippen LogP contribution in [0, 0.1) is 5.92 Å². The number of ether oxygens (including phenoxy) is 3. The van der Waals surface area contributed by atoms with Gasteiger partial charge in [0.25, 0.3) is 5.91 Å². The molecule has 158 valence electrons. The van der Waals surface area contributed by atoms with E-state index in [0.717, 1.165) is 31.0 Å². The minimum absolute atomic E-state index is 0.0450. The molecule has 6 heteroatoms. The predicted octanol–water partition coefficient (Wildman–Crippen LogP) is 2.87. The number of nitrogens with zero attached hydrogens (tertiary/aromatic N) is 1. The van der Waals surface area contributed by atoms with E-state index >= 15 is 0 Å². The molecule has 2 saturated heterocycles. The first kappa shape index (κ1) is 19.4. The van der Waals surface area contributed by atoms with E-state index in [4.69, 9.17) is 14.2 Å². The number of hydrogen-bond donors (Lipinski definition) is 1. The Kier molecular flexibility index (Phi) is 5.60. The molecule has 2 fully saturated rings. The second-order valence-electron chi connectivity index (χ2n) is 8.53. The number of carbonyl (C=O) groups is 1. The minimum atomic E-state index is -0.193. The van der Waals surface area contributed by atoms with Crippen LogP contribution in [-0.4, -0.2) is 55.8 Å². The zero-order valence-corrected chi connectivity index (χ0v) is 17.1. The molecule has 0 spiro atoms. The van der Waals surface area contributed by atoms with Gasteiger partial charge in [-0.15, -0.1) is 0 Å². The first-order valence-electron chi connectivity index (χ1n) is 10.8. The average Bonchev–Trinajstić information content (AvgIpc) is 3.12. The molecule has 0 aliphatic carbocycles. The number of piperidine rings is 1. The van der Waals surface area contributed by atoms with Gasteiger partial charge < -0.3 is 24.4 Å². The summed E-state index contributed by atoms with van der Waals surface area (Å²) in [6.07, 6.45) is 2.14. The lowest BCUT2D eigenvalue weighted by Crippen LogP contribution is -2.47. The van der Waals surface area contributed by atoms with Gasteiger partial charge in [0, 0.05) is 24.7 Å². The molecule has 3 aliphatic heterocycles. The maximum atomic E-state index is 12.8. The van der Waals surface area contributed by atoms with E-state index in [1.807, 2.05) is 42.5 Å². The number of carbonyl (C=O) groups excluding carboxylic acids is 1. The molecule has 0 aromatic heterocycles. The Balaban J connectivity index is 1.16. The van der Waals surface area contributed by atoms with E-state index in [0.29, 0.717) is 36.9 Å². The average molecular weight is 408 g/mol. The fourth-order valence-electron chi connectivity index (χ4n) is 4.65. The van der Waals surface area contributed by atoms with E-state index in [-0.39, 0.29) is 18.1 Å². The summed E-state index contributed by atoms with van der Waals surface area (Å²) >= 11 is 0. The van der Waals surface area contributed by atoms with E-state index in [1.54, 1.807) is 6.07 Å². The maximum absolute atomic E-state index is 12.8. The van der Waals surface area contributed by atoms with Gasteiger partial charge in [-0.3, -0.25) is 4.79 Å². The summed E-state index contributed by atoms with van der Waals surface area (Å²) in [6.45, 7) is 4.71. The Morgan fingerprint density at radius 2 is 2.03 bits per heavy atom. The Bertz CT molecular complexity index is 876. The standard InChI is InChI=1S/C24H28N2O4/c27-24(25-20-10-18-8-9-26(12-18)13-20)19-6-7-22-23(11-19)30-21(16-29-22)15-28-14-17-4-2-1-3-5-17/h1-7,11,18,20-21H,8-10,12-16H2,(H,25,27)/t18-,20+,21-/m0/s1. The van der Waals surface area contributed by atoms with Crippen LogP contribution in [0.25, 0.3) is 0 Å². The summed E-state index contributed by atoms with van der Waals surface area (Å²) in [5.74, 6) is 1.96. The van der Waals surface area contributed by atoms with Crippen molar-refractivity contribution in [2.45, 2.75) is 31.6 Å². The molecule has 2 bridgehead atoms. The maximum Gasteiger partial charge on any atom is 0.251 e. The molecule has 0 radical (unpaired) electrons. The van der Waals surface area contributed by atoms with Crippen molar-refractivity contribution in [2.75, 3.05) is 32.8 Å². The largest absolute Gasteiger partial charge is 0.486 e. The van der Waals surface area contributed by atoms with E-state index in [2.05, 4.69) is 10.2 Å². The summed E-state index contributed by atoms with van der Waals surface area (Å²) in [5.41, 5.74) is 1.73. The minimum Gasteiger partial charge on any atom is -0.486 e. The highest BCUT2D eigenvalue weighted by molar-refractivity contribution is 5.95. The zero-order chi connectivity index (χ0) is 20.3. The summed E-state index contributed by atoms with van der Waals surface area (Å²) in [5, 5.41) is 3.20. The monoisotopic (exact) mass is 408 g/mol. The number of amides is 1. The van der Waals surface area contributed by atoms with Crippen molar-refractivity contribution in [3.8, 4) is 11.5 Å². The quantitative estimate of drug-likeness (QED) is 0.797. The van der Waals surface area contributed by atoms with Crippen molar-refractivity contribution in [1.82, 2.24) is 10.2 Å². The third-order valence-corrected chi connectivity index (χ3v) is 6.14. The Labute approximate surface area is 177 Å². The number of hydrogen-bond acceptors (Lipinski definition) is 5. The molecular formula is C24H28N2O4. The summed E-state index contributed by atoms with van der Waals surface area (Å²) in [7, 11) is 0. The molecule has 0 saturated carbocycles. The lowest BCUT2D eigenvalue weighted by Gasteiger charge is -2.30. The van der Waals surface area contributed by atoms with Gasteiger partial charge in [0.05, 0.1) is 13.2 Å². The van der Waals surface area contributed by atoms with Gasteiger partial charge in [-0.05, 0) is 49.1 Å². The molecule has 2 aromatic rings. The normalized spacial score (nSPS) is 26.9. The van der Waals surface area contributed by atoms with Crippen LogP contribution in [0.5, 0.6) is 11.5 Å². The summed E-state index contributed by atoms with van der Waals surface area (Å²) in [4.78, 5) is 15.2. The third kappa shape index (κ3) is 4.45. The fraction of sp³-hybridized carbons (Fsp3) is 0.458. The van der Waals surface area contributed by atoms with Crippen molar-refractivity contribution in [1.29, 1.82) is 0 Å². The van der Waals surface area contributed by atoms with Crippen molar-refractivity contribution in [3.05, 3.63) is 59.7 Å². The van der Waals surface area contributed by atoms with E-state index < -0.39 is 0 Å². The molecule has 5 rings (SSSR count). The molecule has 2 aromatic carbocycles. The summed E-state index contributed by atoms with van der Waals surface area (Å²) in [6, 6.07) is 15.7. The molecule has 30 heavy (non-hydrogen) atoms. The molecule has 1 amide bonds. The van der Waals surface area contributed by atoms with Crippen LogP contribution in [0.15, 0.2) is 48.5 Å². The topological polar surface area (TPSA) is 60.0 Å². The highest BCUT2D eigenvalue weighted by Gasteiger charge is 2.33. The Morgan fingerprint density at radius 3 is 2.90 bits per heavy atom. The number of nitrogens with one attached hydrogen (secondary N) is 1. The van der Waals surface area contributed by atoms with Crippen molar-refractivity contribution < 1.29 is 19.0 Å². The zero-order valence-electron chi connectivity index (χ0n) is 17.1. The van der Waals surface area contributed by atoms with Crippen LogP contribution in [0.3, 0.4) is 0 Å². The fourth-order valence-corrected chi connectivity index (χ4v) is 4.65. The van der Waals surface area contributed by atoms with Crippen LogP contribution >= 0.6 is 0 Å². The number of benzene rings is 2. The second kappa shape index (κ2) is 8.66. The first-order chi connectivity index (χ1) is 14.7. The lowest BCUT2D eigenvalue weighted by molar-refractivity contribution is 0.00267. The van der Waals surface area contributed by atoms with Gasteiger partial charge in [-0.25, -0.2) is 0 Å². The van der Waals surface area contributed by atoms with Gasteiger partial charge in [0.1, 0.15) is 6.61 Å². The highest BCUT2D eigenvalue weighted by atomic mass is 16.6. The lowest BCUT2D eigenvalue weighted by atomic mass is 9.96. The number of rotatable bonds is 6. The molecule has 4 atom stereocenters. The van der Waals surface area contributed by atoms with Crippen LogP contribution < -0.4 is 14.8 Å². The molecule has 1 unspecified atom stereocenters. The van der Waals surface area contributed by atoms with E-state index in [9.17, 15) is 4.79 Å². The van der Waals surface area contributed by atoms with Crippen molar-refractivity contribution in [2.24, 2.45) is 5.92 Å². The van der Waals surface area contributed by atoms with Crippen molar-refractivity contribution in [3.63, 3.8) is 0 Å². The summed E-state index contributed by atoms with van der Waals surface area (Å²) < 4.78 is 17.7. The van der Waals surface area contributed by atoms with Gasteiger partial charge in [-0.1, -0.05) is 30.3 Å². The smallest absolute Gasteiger partial charge is 0.251 e. The SMILES string of the molecule is O=C(N[C@@H]1C[C@@H]2CCN(C2)C1)c1ccc2c(c1)O[C@@H](COCc1ccccc1)CO2. The predicted molar refractivity (Wildman–Crippen MR) is 113 cm³/mol.